The molecule has 0 saturated carbocycles. The molecule has 19 nitrogen and oxygen atoms in total. The van der Waals surface area contributed by atoms with E-state index >= 15 is 0 Å². The second-order valence-corrected chi connectivity index (χ2v) is 35.1. The van der Waals surface area contributed by atoms with Crippen LogP contribution >= 0.6 is 7.82 Å². The van der Waals surface area contributed by atoms with Crippen molar-refractivity contribution in [2.75, 3.05) is 19.8 Å². The number of hydrogen-bond donors (Lipinski definition) is 5. The molecular weight excluding hydrogens is 1460 g/mol. The highest BCUT2D eigenvalue weighted by molar-refractivity contribution is 7.46. The van der Waals surface area contributed by atoms with E-state index in [2.05, 4.69) is 52.2 Å². The second kappa shape index (κ2) is 79.6. The van der Waals surface area contributed by atoms with Gasteiger partial charge in [-0.2, -0.15) is 0 Å². The van der Waals surface area contributed by atoms with Crippen LogP contribution in [0.15, 0.2) is 0 Å². The number of unbranched alkanes of at least 4 members (excludes halogenated alkanes) is 55. The third-order valence-electron chi connectivity index (χ3n) is 22.8. The Morgan fingerprint density at radius 2 is 0.623 bits per heavy atom. The fourth-order valence-corrected chi connectivity index (χ4v) is 16.3. The molecule has 1 rings (SSSR count). The summed E-state index contributed by atoms with van der Waals surface area (Å²) in [6.45, 7) is 12.7. The number of aliphatic hydroxyl groups excluding tert-OH is 1. The fraction of sp³-hybridized carbons (Fsp3) is 0.936. The monoisotopic (exact) mass is 1640 g/mol. The van der Waals surface area contributed by atoms with Crippen molar-refractivity contribution in [3.05, 3.63) is 0 Å². The predicted molar refractivity (Wildman–Crippen MR) is 465 cm³/mol. The van der Waals surface area contributed by atoms with Gasteiger partial charge in [0.2, 0.25) is 11.8 Å². The molecule has 1 heterocycles. The molecule has 672 valence electrons. The van der Waals surface area contributed by atoms with Gasteiger partial charge in [0.1, 0.15) is 36.6 Å². The van der Waals surface area contributed by atoms with E-state index in [1.807, 2.05) is 0 Å². The summed E-state index contributed by atoms with van der Waals surface area (Å²) in [5.74, 6) is -2.87. The molecule has 1 aliphatic heterocycles. The minimum absolute atomic E-state index is 0.0375. The van der Waals surface area contributed by atoms with Gasteiger partial charge in [0.05, 0.1) is 25.9 Å². The number of phosphoric acid groups is 1. The lowest BCUT2D eigenvalue weighted by atomic mass is 9.96. The zero-order chi connectivity index (χ0) is 83.3. The van der Waals surface area contributed by atoms with Crippen LogP contribution in [-0.4, -0.2) is 119 Å². The maximum Gasteiger partial charge on any atom is 0.470 e. The first kappa shape index (κ1) is 109. The maximum atomic E-state index is 14.9. The molecule has 1 aliphatic rings. The summed E-state index contributed by atoms with van der Waals surface area (Å²) in [4.78, 5) is 105. The van der Waals surface area contributed by atoms with E-state index in [-0.39, 0.29) is 50.7 Å². The average molecular weight is 1640 g/mol. The highest BCUT2D eigenvalue weighted by Crippen LogP contribution is 2.43. The van der Waals surface area contributed by atoms with Gasteiger partial charge in [-0.15, -0.1) is 0 Å². The van der Waals surface area contributed by atoms with Crippen molar-refractivity contribution in [3.8, 4) is 0 Å². The Kier molecular flexibility index (Phi) is 76.0. The van der Waals surface area contributed by atoms with Crippen molar-refractivity contribution in [1.29, 1.82) is 0 Å². The van der Waals surface area contributed by atoms with E-state index in [0.717, 1.165) is 128 Å². The largest absolute Gasteiger partial charge is 0.470 e. The first-order chi connectivity index (χ1) is 55.5. The van der Waals surface area contributed by atoms with Crippen LogP contribution in [0.25, 0.3) is 0 Å². The summed E-state index contributed by atoms with van der Waals surface area (Å²) < 4.78 is 55.8. The summed E-state index contributed by atoms with van der Waals surface area (Å²) in [6, 6.07) is -1.51. The van der Waals surface area contributed by atoms with E-state index in [1.54, 1.807) is 0 Å². The highest BCUT2D eigenvalue weighted by atomic mass is 31.2. The van der Waals surface area contributed by atoms with Gasteiger partial charge in [-0.25, -0.2) is 4.57 Å². The minimum atomic E-state index is -5.45. The van der Waals surface area contributed by atoms with E-state index < -0.39 is 93.6 Å². The van der Waals surface area contributed by atoms with Gasteiger partial charge in [-0.3, -0.25) is 33.3 Å². The van der Waals surface area contributed by atoms with Crippen molar-refractivity contribution in [1.82, 2.24) is 10.6 Å². The Morgan fingerprint density at radius 1 is 0.342 bits per heavy atom. The van der Waals surface area contributed by atoms with Gasteiger partial charge in [-0.05, 0) is 70.6 Å². The molecule has 0 radical (unpaired) electrons. The third-order valence-corrected chi connectivity index (χ3v) is 23.3. The number of hydrogen-bond acceptors (Lipinski definition) is 15. The topological polar surface area (TPSA) is 269 Å². The van der Waals surface area contributed by atoms with Gasteiger partial charge in [0.15, 0.2) is 12.4 Å². The summed E-state index contributed by atoms with van der Waals surface area (Å²) in [7, 11) is -5.45. The number of carbonyl (C=O) groups is 6. The number of rotatable bonds is 86. The summed E-state index contributed by atoms with van der Waals surface area (Å²) in [5, 5.41) is 16.9. The van der Waals surface area contributed by atoms with E-state index in [4.69, 9.17) is 32.9 Å². The number of esters is 4. The number of ether oxygens (including phenoxy) is 6. The van der Waals surface area contributed by atoms with Crippen molar-refractivity contribution < 1.29 is 81.2 Å². The van der Waals surface area contributed by atoms with Crippen LogP contribution in [0.5, 0.6) is 0 Å². The van der Waals surface area contributed by atoms with Gasteiger partial charge < -0.3 is 53.9 Å². The molecule has 0 aliphatic carbocycles. The predicted octanol–water partition coefficient (Wildman–Crippen LogP) is 25.3. The van der Waals surface area contributed by atoms with Crippen molar-refractivity contribution in [2.45, 2.75) is 546 Å². The molecule has 0 aromatic heterocycles. The normalized spacial score (nSPS) is 16.5. The van der Waals surface area contributed by atoms with Gasteiger partial charge in [0, 0.05) is 32.4 Å². The number of phosphoric ester groups is 1. The molecule has 0 aromatic carbocycles. The van der Waals surface area contributed by atoms with Crippen molar-refractivity contribution >= 4 is 43.5 Å². The highest BCUT2D eigenvalue weighted by Gasteiger charge is 2.52. The lowest BCUT2D eigenvalue weighted by Gasteiger charge is -2.45. The summed E-state index contributed by atoms with van der Waals surface area (Å²) >= 11 is 0. The summed E-state index contributed by atoms with van der Waals surface area (Å²) in [5.41, 5.74) is 0. The first-order valence-corrected chi connectivity index (χ1v) is 50.0. The lowest BCUT2D eigenvalue weighted by molar-refractivity contribution is -0.271. The van der Waals surface area contributed by atoms with Crippen LogP contribution in [0.2, 0.25) is 0 Å². The Hall–Kier alpha value is -3.19. The van der Waals surface area contributed by atoms with Gasteiger partial charge in [0.25, 0.3) is 0 Å². The summed E-state index contributed by atoms with van der Waals surface area (Å²) in [6.07, 6.45) is 60.3. The molecule has 8 atom stereocenters. The molecule has 0 aromatic rings. The minimum Gasteiger partial charge on any atom is -0.462 e. The average Bonchev–Trinajstić information content (AvgIpc) is 0.780. The smallest absolute Gasteiger partial charge is 0.462 e. The number of nitrogens with one attached hydrogen (secondary N) is 2. The van der Waals surface area contributed by atoms with Gasteiger partial charge >= 0.3 is 31.7 Å². The Labute approximate surface area is 697 Å². The number of carbonyl (C=O) groups excluding carboxylic acids is 6. The van der Waals surface area contributed by atoms with Crippen molar-refractivity contribution in [3.63, 3.8) is 0 Å². The molecule has 114 heavy (non-hydrogen) atoms. The number of amides is 2. The second-order valence-electron chi connectivity index (χ2n) is 33.9. The van der Waals surface area contributed by atoms with Crippen LogP contribution < -0.4 is 10.6 Å². The number of aliphatic hydroxyl groups is 1. The maximum absolute atomic E-state index is 14.9. The van der Waals surface area contributed by atoms with E-state index in [9.17, 15) is 48.2 Å². The van der Waals surface area contributed by atoms with Crippen LogP contribution in [0.4, 0.5) is 0 Å². The molecule has 1 fully saturated rings. The Balaban J connectivity index is 3.60. The molecular formula is C94H179N2O17P. The lowest BCUT2D eigenvalue weighted by Crippen LogP contribution is -2.66. The molecule has 2 amide bonds. The van der Waals surface area contributed by atoms with Crippen LogP contribution in [0, 0.1) is 0 Å². The Bertz CT molecular complexity index is 2280. The fourth-order valence-electron chi connectivity index (χ4n) is 15.7. The standard InChI is InChI=1S/C94H179N2O17P/c1-7-13-19-25-31-37-40-46-52-58-64-72-87(100)108-81(69-61-55-49-43-34-28-22-16-10-4)77-85(98)95-75-67-68-76-107-94-91(96-86(99)78-82(70-62-56-50-44-35-29-23-17-11-5)109-88(101)73-65-59-53-47-41-38-32-26-20-14-8-2)93(92(84(80-97)111-94)113-114(104,105)106)112-90(103)79-83(71-63-57-51-45-36-30-24-18-12-6)110-89(102)74-66-60-54-48-42-39-33-27-21-15-9-3/h81-84,91-94,97H,7-80H2,1-6H3,(H,95,98)(H,96,99)(H2,104,105,106)/t81-,82-,83-,84-,91-,92-,93-,94-/m1/s1. The van der Waals surface area contributed by atoms with Gasteiger partial charge in [-0.1, -0.05) is 388 Å². The molecule has 20 heteroatoms. The quantitative estimate of drug-likeness (QED) is 0.0164. The van der Waals surface area contributed by atoms with Crippen LogP contribution in [-0.2, 0) is 66.3 Å². The molecule has 0 unspecified atom stereocenters. The SMILES string of the molecule is CCCCCCCCCCCCCC(=O)O[C@H](CCCCCCCCCCC)CC(=O)NCCCCO[C@@H]1O[C@H](CO)[C@@H](OP(=O)(O)O)[C@H](OC(=O)C[C@@H](CCCCCCCCCCC)OC(=O)CCCCCCCCCCCCC)[C@H]1NC(=O)C[C@@H](CCCCCCCCCCC)OC(=O)CCCCCCCCCCCCC. The zero-order valence-corrected chi connectivity index (χ0v) is 75.3. The first-order valence-electron chi connectivity index (χ1n) is 48.5. The Morgan fingerprint density at radius 3 is 0.921 bits per heavy atom. The zero-order valence-electron chi connectivity index (χ0n) is 74.4. The molecule has 5 N–H and O–H groups in total. The van der Waals surface area contributed by atoms with Crippen LogP contribution in [0.1, 0.15) is 497 Å². The van der Waals surface area contributed by atoms with Crippen molar-refractivity contribution in [2.24, 2.45) is 0 Å². The molecule has 1 saturated heterocycles. The van der Waals surface area contributed by atoms with E-state index in [0.29, 0.717) is 64.2 Å². The molecule has 0 spiro atoms. The third kappa shape index (κ3) is 67.6. The molecule has 0 bridgehead atoms. The van der Waals surface area contributed by atoms with Crippen LogP contribution in [0.3, 0.4) is 0 Å². The van der Waals surface area contributed by atoms with E-state index in [1.165, 1.54) is 231 Å².